The number of anilines is 1. The molecule has 2 aromatic rings. The number of ether oxygens (including phenoxy) is 1. The van der Waals surface area contributed by atoms with E-state index in [1.807, 2.05) is 0 Å². The summed E-state index contributed by atoms with van der Waals surface area (Å²) in [5.41, 5.74) is 6.34. The highest BCUT2D eigenvalue weighted by Gasteiger charge is 2.33. The van der Waals surface area contributed by atoms with Crippen molar-refractivity contribution >= 4 is 23.4 Å². The maximum Gasteiger partial charge on any atom is 0.573 e. The molecule has 1 amide bonds. The van der Waals surface area contributed by atoms with Gasteiger partial charge in [0.2, 0.25) is 5.88 Å². The maximum atomic E-state index is 12.5. The van der Waals surface area contributed by atoms with Gasteiger partial charge in [-0.25, -0.2) is 0 Å². The summed E-state index contributed by atoms with van der Waals surface area (Å²) in [6.07, 6.45) is -4.17. The molecule has 3 rings (SSSR count). The fourth-order valence-corrected chi connectivity index (χ4v) is 2.93. The summed E-state index contributed by atoms with van der Waals surface area (Å²) in [6, 6.07) is 5.04. The number of carbonyl (C=O) groups is 1. The van der Waals surface area contributed by atoms with E-state index in [1.165, 1.54) is 6.07 Å². The third-order valence-corrected chi connectivity index (χ3v) is 4.14. The second-order valence-corrected chi connectivity index (χ2v) is 5.99. The van der Waals surface area contributed by atoms with E-state index in [0.717, 1.165) is 12.1 Å². The lowest BCUT2D eigenvalue weighted by Crippen LogP contribution is -2.28. The Morgan fingerprint density at radius 2 is 2.16 bits per heavy atom. The van der Waals surface area contributed by atoms with Crippen molar-refractivity contribution in [3.63, 3.8) is 0 Å². The molecule has 0 saturated carbocycles. The van der Waals surface area contributed by atoms with Gasteiger partial charge in [0.25, 0.3) is 5.91 Å². The predicted molar refractivity (Wildman–Crippen MR) is 82.3 cm³/mol. The smallest absolute Gasteiger partial charge is 0.404 e. The molecule has 1 unspecified atom stereocenters. The number of carbonyl (C=O) groups excluding carboxylic acids is 1. The Morgan fingerprint density at radius 3 is 2.76 bits per heavy atom. The Balaban J connectivity index is 1.70. The third kappa shape index (κ3) is 3.98. The van der Waals surface area contributed by atoms with Crippen LogP contribution in [-0.2, 0) is 0 Å². The monoisotopic (exact) mass is 375 g/mol. The fraction of sp³-hybridized carbons (Fsp3) is 0.333. The Kier molecular flexibility index (Phi) is 4.51. The normalized spacial score (nSPS) is 17.8. The van der Waals surface area contributed by atoms with Gasteiger partial charge in [0, 0.05) is 30.6 Å². The number of nitrogens with two attached hydrogens (primary N) is 1. The molecule has 1 aliphatic heterocycles. The van der Waals surface area contributed by atoms with Gasteiger partial charge in [-0.3, -0.25) is 4.79 Å². The van der Waals surface area contributed by atoms with Crippen molar-refractivity contribution in [2.75, 3.05) is 18.8 Å². The molecule has 25 heavy (non-hydrogen) atoms. The minimum atomic E-state index is -4.85. The maximum absolute atomic E-state index is 12.5. The zero-order chi connectivity index (χ0) is 18.2. The van der Waals surface area contributed by atoms with Crippen molar-refractivity contribution in [1.82, 2.24) is 10.1 Å². The minimum Gasteiger partial charge on any atom is -0.404 e. The number of hydrogen-bond acceptors (Lipinski definition) is 5. The molecular weight excluding hydrogens is 363 g/mol. The predicted octanol–water partition coefficient (Wildman–Crippen LogP) is 3.44. The van der Waals surface area contributed by atoms with Crippen LogP contribution in [0, 0.1) is 0 Å². The summed E-state index contributed by atoms with van der Waals surface area (Å²) in [4.78, 5) is 14.1. The van der Waals surface area contributed by atoms with Gasteiger partial charge in [0.05, 0.1) is 10.7 Å². The molecule has 2 N–H and O–H groups in total. The molecule has 0 radical (unpaired) electrons. The standard InChI is InChI=1S/C15H13ClF3N3O3/c16-10-5-8(1-2-12(10)24-15(17,18)19)14(23)22-4-3-9(7-22)11-6-13(20)25-21-11/h1-2,5-6,9H,3-4,7,20H2. The molecule has 1 fully saturated rings. The molecule has 0 spiro atoms. The van der Waals surface area contributed by atoms with Crippen LogP contribution in [0.2, 0.25) is 5.02 Å². The summed E-state index contributed by atoms with van der Waals surface area (Å²) in [7, 11) is 0. The van der Waals surface area contributed by atoms with E-state index < -0.39 is 12.1 Å². The van der Waals surface area contributed by atoms with Crippen LogP contribution >= 0.6 is 11.6 Å². The second-order valence-electron chi connectivity index (χ2n) is 5.58. The zero-order valence-corrected chi connectivity index (χ0v) is 13.5. The molecule has 10 heteroatoms. The molecular formula is C15H13ClF3N3O3. The summed E-state index contributed by atoms with van der Waals surface area (Å²) in [6.45, 7) is 0.887. The average Bonchev–Trinajstić information content (AvgIpc) is 3.16. The molecule has 1 atom stereocenters. The molecule has 2 heterocycles. The van der Waals surface area contributed by atoms with Crippen molar-refractivity contribution < 1.29 is 27.2 Å². The summed E-state index contributed by atoms with van der Waals surface area (Å²) < 4.78 is 45.4. The van der Waals surface area contributed by atoms with Gasteiger partial charge < -0.3 is 19.9 Å². The first-order chi connectivity index (χ1) is 11.7. The van der Waals surface area contributed by atoms with Crippen molar-refractivity contribution in [1.29, 1.82) is 0 Å². The molecule has 134 valence electrons. The molecule has 0 aliphatic carbocycles. The summed E-state index contributed by atoms with van der Waals surface area (Å²) in [5.74, 6) is -0.692. The molecule has 1 aromatic carbocycles. The van der Waals surface area contributed by atoms with Gasteiger partial charge in [0.15, 0.2) is 0 Å². The van der Waals surface area contributed by atoms with Crippen LogP contribution in [0.25, 0.3) is 0 Å². The number of halogens is 4. The van der Waals surface area contributed by atoms with E-state index in [0.29, 0.717) is 25.2 Å². The molecule has 1 saturated heterocycles. The van der Waals surface area contributed by atoms with E-state index in [2.05, 4.69) is 9.89 Å². The van der Waals surface area contributed by atoms with Crippen molar-refractivity contribution in [2.45, 2.75) is 18.7 Å². The minimum absolute atomic E-state index is 0.00620. The number of likely N-dealkylation sites (tertiary alicyclic amines) is 1. The largest absolute Gasteiger partial charge is 0.573 e. The first-order valence-corrected chi connectivity index (χ1v) is 7.67. The quantitative estimate of drug-likeness (QED) is 0.888. The Morgan fingerprint density at radius 1 is 1.40 bits per heavy atom. The zero-order valence-electron chi connectivity index (χ0n) is 12.7. The number of rotatable bonds is 3. The lowest BCUT2D eigenvalue weighted by atomic mass is 10.1. The SMILES string of the molecule is Nc1cc(C2CCN(C(=O)c3ccc(OC(F)(F)F)c(Cl)c3)C2)no1. The Labute approximate surface area is 145 Å². The number of aromatic nitrogens is 1. The van der Waals surface area contributed by atoms with Gasteiger partial charge >= 0.3 is 6.36 Å². The molecule has 1 aliphatic rings. The van der Waals surface area contributed by atoms with Crippen LogP contribution < -0.4 is 10.5 Å². The van der Waals surface area contributed by atoms with Crippen LogP contribution in [0.4, 0.5) is 19.1 Å². The Hall–Kier alpha value is -2.42. The van der Waals surface area contributed by atoms with Gasteiger partial charge in [-0.15, -0.1) is 13.2 Å². The van der Waals surface area contributed by atoms with Crippen molar-refractivity contribution in [2.24, 2.45) is 0 Å². The second kappa shape index (κ2) is 6.47. The lowest BCUT2D eigenvalue weighted by molar-refractivity contribution is -0.274. The Bertz CT molecular complexity index is 794. The number of benzene rings is 1. The van der Waals surface area contributed by atoms with Crippen molar-refractivity contribution in [3.05, 3.63) is 40.5 Å². The van der Waals surface area contributed by atoms with E-state index in [9.17, 15) is 18.0 Å². The van der Waals surface area contributed by atoms with Crippen LogP contribution in [0.1, 0.15) is 28.4 Å². The van der Waals surface area contributed by atoms with Crippen molar-refractivity contribution in [3.8, 4) is 5.75 Å². The molecule has 6 nitrogen and oxygen atoms in total. The molecule has 1 aromatic heterocycles. The number of alkyl halides is 3. The average molecular weight is 376 g/mol. The number of hydrogen-bond donors (Lipinski definition) is 1. The number of nitrogen functional groups attached to an aromatic ring is 1. The van der Waals surface area contributed by atoms with Crippen LogP contribution in [0.15, 0.2) is 28.8 Å². The van der Waals surface area contributed by atoms with Gasteiger partial charge in [0.1, 0.15) is 5.75 Å². The van der Waals surface area contributed by atoms with Crippen LogP contribution in [-0.4, -0.2) is 35.4 Å². The summed E-state index contributed by atoms with van der Waals surface area (Å²) in [5, 5.41) is 3.55. The highest BCUT2D eigenvalue weighted by atomic mass is 35.5. The van der Waals surface area contributed by atoms with Gasteiger partial charge in [-0.1, -0.05) is 16.8 Å². The third-order valence-electron chi connectivity index (χ3n) is 3.84. The number of nitrogens with zero attached hydrogens (tertiary/aromatic N) is 2. The molecule has 0 bridgehead atoms. The highest BCUT2D eigenvalue weighted by Crippen LogP contribution is 2.32. The van der Waals surface area contributed by atoms with E-state index >= 15 is 0 Å². The van der Waals surface area contributed by atoms with Crippen LogP contribution in [0.3, 0.4) is 0 Å². The number of amides is 1. The van der Waals surface area contributed by atoms with Gasteiger partial charge in [-0.05, 0) is 24.6 Å². The van der Waals surface area contributed by atoms with Gasteiger partial charge in [-0.2, -0.15) is 0 Å². The first kappa shape index (κ1) is 17.4. The van der Waals surface area contributed by atoms with Crippen LogP contribution in [0.5, 0.6) is 5.75 Å². The fourth-order valence-electron chi connectivity index (χ4n) is 2.71. The topological polar surface area (TPSA) is 81.6 Å². The first-order valence-electron chi connectivity index (χ1n) is 7.29. The van der Waals surface area contributed by atoms with E-state index in [4.69, 9.17) is 21.9 Å². The van der Waals surface area contributed by atoms with E-state index in [1.54, 1.807) is 11.0 Å². The highest BCUT2D eigenvalue weighted by molar-refractivity contribution is 6.32. The van der Waals surface area contributed by atoms with E-state index in [-0.39, 0.29) is 28.3 Å². The lowest BCUT2D eigenvalue weighted by Gasteiger charge is -2.17. The summed E-state index contributed by atoms with van der Waals surface area (Å²) >= 11 is 5.78.